The third kappa shape index (κ3) is 4.94. The smallest absolute Gasteiger partial charge is 0.435 e. The van der Waals surface area contributed by atoms with Crippen molar-refractivity contribution in [3.8, 4) is 11.4 Å². The summed E-state index contributed by atoms with van der Waals surface area (Å²) in [4.78, 5) is 12.3. The Bertz CT molecular complexity index is 1040. The first-order valence-electron chi connectivity index (χ1n) is 8.93. The second kappa shape index (κ2) is 8.52. The van der Waals surface area contributed by atoms with Crippen LogP contribution in [0.3, 0.4) is 0 Å². The quantitative estimate of drug-likeness (QED) is 0.484. The minimum absolute atomic E-state index is 0.0457. The number of halogens is 4. The van der Waals surface area contributed by atoms with Gasteiger partial charge in [-0.3, -0.25) is 4.79 Å². The van der Waals surface area contributed by atoms with E-state index in [1.54, 1.807) is 12.1 Å². The Morgan fingerprint density at radius 1 is 1.13 bits per heavy atom. The highest BCUT2D eigenvalue weighted by Crippen LogP contribution is 2.32. The fraction of sp³-hybridized carbons (Fsp3) is 0.250. The molecule has 6 nitrogen and oxygen atoms in total. The largest absolute Gasteiger partial charge is 0.492 e. The molecule has 2 aromatic carbocycles. The van der Waals surface area contributed by atoms with Crippen LogP contribution < -0.4 is 10.1 Å². The van der Waals surface area contributed by atoms with Crippen molar-refractivity contribution in [3.63, 3.8) is 0 Å². The summed E-state index contributed by atoms with van der Waals surface area (Å²) in [5.74, 6) is -1.21. The van der Waals surface area contributed by atoms with Crippen LogP contribution in [0.1, 0.15) is 27.3 Å². The number of nitrogens with one attached hydrogen (secondary N) is 1. The summed E-state index contributed by atoms with van der Waals surface area (Å²) in [6.45, 7) is 3.81. The van der Waals surface area contributed by atoms with Gasteiger partial charge in [0.25, 0.3) is 5.91 Å². The van der Waals surface area contributed by atoms with E-state index in [9.17, 15) is 22.4 Å². The molecule has 0 aliphatic rings. The Morgan fingerprint density at radius 3 is 2.47 bits per heavy atom. The number of aryl methyl sites for hydroxylation is 2. The molecule has 3 rings (SSSR count). The van der Waals surface area contributed by atoms with Gasteiger partial charge in [-0.25, -0.2) is 9.07 Å². The SMILES string of the molecule is Cc1cc(C)cc(OCCNC(=O)c2nnn(-c3cccc(F)c3)c2C(F)(F)F)c1. The fourth-order valence-electron chi connectivity index (χ4n) is 2.91. The molecule has 0 unspecified atom stereocenters. The average Bonchev–Trinajstić information content (AvgIpc) is 3.10. The van der Waals surface area contributed by atoms with E-state index in [4.69, 9.17) is 4.74 Å². The van der Waals surface area contributed by atoms with Gasteiger partial charge in [0.2, 0.25) is 0 Å². The van der Waals surface area contributed by atoms with Gasteiger partial charge in [-0.1, -0.05) is 17.3 Å². The van der Waals surface area contributed by atoms with Crippen LogP contribution in [0.4, 0.5) is 17.6 Å². The topological polar surface area (TPSA) is 69.0 Å². The van der Waals surface area contributed by atoms with E-state index in [2.05, 4.69) is 15.6 Å². The zero-order chi connectivity index (χ0) is 21.9. The number of rotatable bonds is 6. The predicted octanol–water partition coefficient (Wildman–Crippen LogP) is 3.85. The lowest BCUT2D eigenvalue weighted by Crippen LogP contribution is -2.30. The van der Waals surface area contributed by atoms with Crippen LogP contribution in [0.25, 0.3) is 5.69 Å². The highest BCUT2D eigenvalue weighted by atomic mass is 19.4. The van der Waals surface area contributed by atoms with E-state index in [0.717, 1.165) is 23.3 Å². The van der Waals surface area contributed by atoms with Crippen LogP contribution in [0.15, 0.2) is 42.5 Å². The van der Waals surface area contributed by atoms with Gasteiger partial charge in [0.05, 0.1) is 12.2 Å². The first kappa shape index (κ1) is 21.3. The summed E-state index contributed by atoms with van der Waals surface area (Å²) in [7, 11) is 0. The zero-order valence-corrected chi connectivity index (χ0v) is 16.1. The first-order chi connectivity index (χ1) is 14.1. The highest BCUT2D eigenvalue weighted by Gasteiger charge is 2.42. The molecular weight excluding hydrogens is 404 g/mol. The Kier molecular flexibility index (Phi) is 6.04. The number of alkyl halides is 3. The minimum Gasteiger partial charge on any atom is -0.492 e. The molecule has 1 N–H and O–H groups in total. The number of hydrogen-bond acceptors (Lipinski definition) is 4. The summed E-state index contributed by atoms with van der Waals surface area (Å²) in [5.41, 5.74) is -0.498. The van der Waals surface area contributed by atoms with Gasteiger partial charge >= 0.3 is 6.18 Å². The molecule has 0 radical (unpaired) electrons. The van der Waals surface area contributed by atoms with Gasteiger partial charge in [0.15, 0.2) is 11.4 Å². The third-order valence-electron chi connectivity index (χ3n) is 4.06. The van der Waals surface area contributed by atoms with Crippen LogP contribution in [-0.2, 0) is 6.18 Å². The molecule has 3 aromatic rings. The van der Waals surface area contributed by atoms with Gasteiger partial charge < -0.3 is 10.1 Å². The van der Waals surface area contributed by atoms with E-state index >= 15 is 0 Å². The van der Waals surface area contributed by atoms with E-state index in [1.807, 2.05) is 19.9 Å². The van der Waals surface area contributed by atoms with Gasteiger partial charge in [0, 0.05) is 0 Å². The second-order valence-electron chi connectivity index (χ2n) is 6.60. The molecule has 0 fully saturated rings. The maximum atomic E-state index is 13.6. The molecule has 158 valence electrons. The summed E-state index contributed by atoms with van der Waals surface area (Å²) in [6, 6.07) is 9.99. The summed E-state index contributed by atoms with van der Waals surface area (Å²) in [5, 5.41) is 9.10. The Labute approximate surface area is 169 Å². The van der Waals surface area contributed by atoms with E-state index in [1.165, 1.54) is 12.1 Å². The Balaban J connectivity index is 1.72. The van der Waals surface area contributed by atoms with Crippen molar-refractivity contribution in [2.45, 2.75) is 20.0 Å². The molecule has 0 atom stereocenters. The molecule has 1 amide bonds. The summed E-state index contributed by atoms with van der Waals surface area (Å²) >= 11 is 0. The highest BCUT2D eigenvalue weighted by molar-refractivity contribution is 5.93. The standard InChI is InChI=1S/C20H18F4N4O2/c1-12-8-13(2)10-16(9-12)30-7-6-25-19(29)17-18(20(22,23)24)28(27-26-17)15-5-3-4-14(21)11-15/h3-5,8-11H,6-7H2,1-2H3,(H,25,29). The van der Waals surface area contributed by atoms with Gasteiger partial charge in [-0.05, 0) is 55.3 Å². The van der Waals surface area contributed by atoms with E-state index in [-0.39, 0.29) is 18.8 Å². The predicted molar refractivity (Wildman–Crippen MR) is 100 cm³/mol. The number of ether oxygens (including phenoxy) is 1. The Hall–Kier alpha value is -3.43. The Morgan fingerprint density at radius 2 is 1.83 bits per heavy atom. The number of amides is 1. The van der Waals surface area contributed by atoms with Crippen molar-refractivity contribution >= 4 is 5.91 Å². The first-order valence-corrected chi connectivity index (χ1v) is 8.93. The van der Waals surface area contributed by atoms with Crippen molar-refractivity contribution in [3.05, 3.63) is 70.8 Å². The molecular formula is C20H18F4N4O2. The maximum absolute atomic E-state index is 13.6. The third-order valence-corrected chi connectivity index (χ3v) is 4.06. The van der Waals surface area contributed by atoms with Crippen molar-refractivity contribution in [2.75, 3.05) is 13.2 Å². The summed E-state index contributed by atoms with van der Waals surface area (Å²) < 4.78 is 60.0. The van der Waals surface area contributed by atoms with Gasteiger partial charge in [-0.15, -0.1) is 5.10 Å². The zero-order valence-electron chi connectivity index (χ0n) is 16.1. The molecule has 10 heteroatoms. The van der Waals surface area contributed by atoms with Crippen LogP contribution in [0.2, 0.25) is 0 Å². The summed E-state index contributed by atoms with van der Waals surface area (Å²) in [6.07, 6.45) is -4.93. The molecule has 0 bridgehead atoms. The number of hydrogen-bond donors (Lipinski definition) is 1. The van der Waals surface area contributed by atoms with Crippen LogP contribution in [0.5, 0.6) is 5.75 Å². The van der Waals surface area contributed by atoms with E-state index in [0.29, 0.717) is 10.4 Å². The molecule has 0 saturated heterocycles. The van der Waals surface area contributed by atoms with Crippen LogP contribution >= 0.6 is 0 Å². The molecule has 0 saturated carbocycles. The molecule has 0 aliphatic carbocycles. The molecule has 30 heavy (non-hydrogen) atoms. The fourth-order valence-corrected chi connectivity index (χ4v) is 2.91. The maximum Gasteiger partial charge on any atom is 0.435 e. The van der Waals surface area contributed by atoms with Gasteiger partial charge in [0.1, 0.15) is 18.2 Å². The molecule has 0 spiro atoms. The lowest BCUT2D eigenvalue weighted by Gasteiger charge is -2.12. The minimum atomic E-state index is -4.93. The van der Waals surface area contributed by atoms with Crippen molar-refractivity contribution in [1.82, 2.24) is 20.3 Å². The lowest BCUT2D eigenvalue weighted by atomic mass is 10.1. The normalized spacial score (nSPS) is 11.4. The number of aromatic nitrogens is 3. The number of carbonyl (C=O) groups is 1. The molecule has 1 aromatic heterocycles. The van der Waals surface area contributed by atoms with Crippen LogP contribution in [0, 0.1) is 19.7 Å². The lowest BCUT2D eigenvalue weighted by molar-refractivity contribution is -0.143. The number of nitrogens with zero attached hydrogens (tertiary/aromatic N) is 3. The van der Waals surface area contributed by atoms with Crippen molar-refractivity contribution in [2.24, 2.45) is 0 Å². The van der Waals surface area contributed by atoms with Gasteiger partial charge in [-0.2, -0.15) is 13.2 Å². The molecule has 1 heterocycles. The van der Waals surface area contributed by atoms with E-state index < -0.39 is 29.3 Å². The monoisotopic (exact) mass is 422 g/mol. The second-order valence-corrected chi connectivity index (χ2v) is 6.60. The molecule has 0 aliphatic heterocycles. The number of carbonyl (C=O) groups excluding carboxylic acids is 1. The average molecular weight is 422 g/mol. The van der Waals surface area contributed by atoms with Crippen molar-refractivity contribution in [1.29, 1.82) is 0 Å². The van der Waals surface area contributed by atoms with Crippen molar-refractivity contribution < 1.29 is 27.1 Å². The van der Waals surface area contributed by atoms with Crippen LogP contribution in [-0.4, -0.2) is 34.1 Å². The number of benzene rings is 2.